The van der Waals surface area contributed by atoms with Crippen LogP contribution in [0.4, 0.5) is 10.5 Å². The Kier molecular flexibility index (Phi) is 6.28. The van der Waals surface area contributed by atoms with Gasteiger partial charge >= 0.3 is 6.03 Å². The Morgan fingerprint density at radius 2 is 1.91 bits per heavy atom. The predicted octanol–water partition coefficient (Wildman–Crippen LogP) is 2.66. The third-order valence-corrected chi connectivity index (χ3v) is 4.69. The molecule has 3 unspecified atom stereocenters. The number of hydrogen-bond donors (Lipinski definition) is 3. The fourth-order valence-corrected chi connectivity index (χ4v) is 2.79. The van der Waals surface area contributed by atoms with E-state index in [-0.39, 0.29) is 30.6 Å². The van der Waals surface area contributed by atoms with Crippen LogP contribution >= 0.6 is 0 Å². The Morgan fingerprint density at radius 1 is 1.22 bits per heavy atom. The van der Waals surface area contributed by atoms with Gasteiger partial charge in [-0.2, -0.15) is 0 Å². The number of nitrogens with zero attached hydrogens (tertiary/aromatic N) is 1. The first-order chi connectivity index (χ1) is 11.0. The van der Waals surface area contributed by atoms with E-state index >= 15 is 0 Å². The van der Waals surface area contributed by atoms with Gasteiger partial charge in [-0.1, -0.05) is 19.1 Å². The Morgan fingerprint density at radius 3 is 2.57 bits per heavy atom. The van der Waals surface area contributed by atoms with Gasteiger partial charge in [0.05, 0.1) is 6.04 Å². The molecule has 5 nitrogen and oxygen atoms in total. The lowest BCUT2D eigenvalue weighted by Crippen LogP contribution is -2.44. The Bertz CT molecular complexity index is 515. The summed E-state index contributed by atoms with van der Waals surface area (Å²) in [6.45, 7) is 8.09. The zero-order valence-corrected chi connectivity index (χ0v) is 14.4. The largest absolute Gasteiger partial charge is 0.396 e. The van der Waals surface area contributed by atoms with Crippen LogP contribution in [-0.4, -0.2) is 36.9 Å². The first kappa shape index (κ1) is 17.6. The molecule has 2 amide bonds. The minimum absolute atomic E-state index is 0.0366. The summed E-state index contributed by atoms with van der Waals surface area (Å²) in [7, 11) is 0. The van der Waals surface area contributed by atoms with Gasteiger partial charge in [0.15, 0.2) is 0 Å². The molecule has 1 aliphatic heterocycles. The van der Waals surface area contributed by atoms with E-state index in [4.69, 9.17) is 5.11 Å². The van der Waals surface area contributed by atoms with Gasteiger partial charge in [-0.05, 0) is 50.3 Å². The lowest BCUT2D eigenvalue weighted by atomic mass is 10.1. The van der Waals surface area contributed by atoms with Gasteiger partial charge < -0.3 is 20.6 Å². The number of anilines is 1. The molecule has 1 saturated heterocycles. The van der Waals surface area contributed by atoms with E-state index in [0.29, 0.717) is 0 Å². The number of carbonyl (C=O) groups is 1. The SMILES string of the molecule is CC(NC(=O)NC(C)C(C)CO)c1cccc(N2CCCC2)c1. The van der Waals surface area contributed by atoms with Crippen molar-refractivity contribution in [1.29, 1.82) is 0 Å². The summed E-state index contributed by atoms with van der Waals surface area (Å²) in [5.41, 5.74) is 2.34. The van der Waals surface area contributed by atoms with Crippen molar-refractivity contribution in [3.05, 3.63) is 29.8 Å². The second kappa shape index (κ2) is 8.20. The average molecular weight is 319 g/mol. The Labute approximate surface area is 139 Å². The zero-order chi connectivity index (χ0) is 16.8. The fraction of sp³-hybridized carbons (Fsp3) is 0.611. The van der Waals surface area contributed by atoms with Crippen molar-refractivity contribution in [2.24, 2.45) is 5.92 Å². The zero-order valence-electron chi connectivity index (χ0n) is 14.4. The van der Waals surface area contributed by atoms with E-state index in [1.165, 1.54) is 18.5 Å². The van der Waals surface area contributed by atoms with Crippen molar-refractivity contribution in [3.8, 4) is 0 Å². The molecule has 1 fully saturated rings. The molecule has 0 aliphatic carbocycles. The van der Waals surface area contributed by atoms with Gasteiger partial charge in [-0.15, -0.1) is 0 Å². The molecule has 1 aromatic carbocycles. The number of rotatable bonds is 6. The molecule has 0 saturated carbocycles. The average Bonchev–Trinajstić information content (AvgIpc) is 3.08. The molecule has 128 valence electrons. The predicted molar refractivity (Wildman–Crippen MR) is 93.7 cm³/mol. The summed E-state index contributed by atoms with van der Waals surface area (Å²) in [5, 5.41) is 15.0. The Balaban J connectivity index is 1.93. The summed E-state index contributed by atoms with van der Waals surface area (Å²) in [4.78, 5) is 14.5. The van der Waals surface area contributed by atoms with Crippen molar-refractivity contribution < 1.29 is 9.90 Å². The molecule has 0 spiro atoms. The highest BCUT2D eigenvalue weighted by molar-refractivity contribution is 5.74. The lowest BCUT2D eigenvalue weighted by Gasteiger charge is -2.23. The standard InChI is InChI=1S/C18H29N3O2/c1-13(12-22)14(2)19-18(23)20-15(3)16-7-6-8-17(11-16)21-9-4-5-10-21/h6-8,11,13-15,22H,4-5,9-10,12H2,1-3H3,(H2,19,20,23). The quantitative estimate of drug-likeness (QED) is 0.755. The molecular formula is C18H29N3O2. The van der Waals surface area contributed by atoms with Crippen molar-refractivity contribution in [1.82, 2.24) is 10.6 Å². The highest BCUT2D eigenvalue weighted by Gasteiger charge is 2.17. The normalized spacial score (nSPS) is 18.3. The van der Waals surface area contributed by atoms with Crippen molar-refractivity contribution in [2.45, 2.75) is 45.7 Å². The van der Waals surface area contributed by atoms with Crippen LogP contribution in [0, 0.1) is 5.92 Å². The molecule has 1 aromatic rings. The molecule has 1 aliphatic rings. The van der Waals surface area contributed by atoms with E-state index in [1.54, 1.807) is 0 Å². The molecule has 2 rings (SSSR count). The van der Waals surface area contributed by atoms with E-state index in [1.807, 2.05) is 26.8 Å². The first-order valence-corrected chi connectivity index (χ1v) is 8.54. The minimum atomic E-state index is -0.197. The van der Waals surface area contributed by atoms with Gasteiger partial charge in [0.2, 0.25) is 0 Å². The third kappa shape index (κ3) is 4.86. The number of aliphatic hydroxyl groups is 1. The molecule has 0 bridgehead atoms. The summed E-state index contributed by atoms with van der Waals surface area (Å²) < 4.78 is 0. The van der Waals surface area contributed by atoms with E-state index < -0.39 is 0 Å². The van der Waals surface area contributed by atoms with Crippen LogP contribution in [0.3, 0.4) is 0 Å². The van der Waals surface area contributed by atoms with Crippen molar-refractivity contribution in [2.75, 3.05) is 24.6 Å². The van der Waals surface area contributed by atoms with Crippen LogP contribution in [0.2, 0.25) is 0 Å². The minimum Gasteiger partial charge on any atom is -0.396 e. The molecule has 0 radical (unpaired) electrons. The number of hydrogen-bond acceptors (Lipinski definition) is 3. The van der Waals surface area contributed by atoms with E-state index in [2.05, 4.69) is 33.7 Å². The highest BCUT2D eigenvalue weighted by atomic mass is 16.3. The molecule has 0 aromatic heterocycles. The Hall–Kier alpha value is -1.75. The first-order valence-electron chi connectivity index (χ1n) is 8.54. The van der Waals surface area contributed by atoms with Gasteiger partial charge in [0.1, 0.15) is 0 Å². The number of benzene rings is 1. The summed E-state index contributed by atoms with van der Waals surface area (Å²) in [6, 6.07) is 8.07. The van der Waals surface area contributed by atoms with Crippen LogP contribution in [0.1, 0.15) is 45.2 Å². The number of carbonyl (C=O) groups excluding carboxylic acids is 1. The molecule has 1 heterocycles. The maximum Gasteiger partial charge on any atom is 0.315 e. The van der Waals surface area contributed by atoms with Gasteiger partial charge in [-0.25, -0.2) is 4.79 Å². The second-order valence-electron chi connectivity index (χ2n) is 6.58. The van der Waals surface area contributed by atoms with Crippen molar-refractivity contribution >= 4 is 11.7 Å². The van der Waals surface area contributed by atoms with Crippen LogP contribution in [0.5, 0.6) is 0 Å². The number of nitrogens with one attached hydrogen (secondary N) is 2. The number of aliphatic hydroxyl groups excluding tert-OH is 1. The van der Waals surface area contributed by atoms with Crippen LogP contribution in [0.15, 0.2) is 24.3 Å². The fourth-order valence-electron chi connectivity index (χ4n) is 2.79. The summed E-state index contributed by atoms with van der Waals surface area (Å²) >= 11 is 0. The van der Waals surface area contributed by atoms with E-state index in [0.717, 1.165) is 18.7 Å². The number of urea groups is 1. The summed E-state index contributed by atoms with van der Waals surface area (Å²) in [6.07, 6.45) is 2.50. The van der Waals surface area contributed by atoms with Gasteiger partial charge in [-0.3, -0.25) is 0 Å². The topological polar surface area (TPSA) is 64.6 Å². The van der Waals surface area contributed by atoms with Crippen molar-refractivity contribution in [3.63, 3.8) is 0 Å². The highest BCUT2D eigenvalue weighted by Crippen LogP contribution is 2.23. The molecule has 5 heteroatoms. The lowest BCUT2D eigenvalue weighted by molar-refractivity contribution is 0.199. The molecule has 23 heavy (non-hydrogen) atoms. The van der Waals surface area contributed by atoms with Crippen LogP contribution in [0.25, 0.3) is 0 Å². The maximum absolute atomic E-state index is 12.1. The van der Waals surface area contributed by atoms with Crippen LogP contribution < -0.4 is 15.5 Å². The third-order valence-electron chi connectivity index (χ3n) is 4.69. The second-order valence-corrected chi connectivity index (χ2v) is 6.58. The monoisotopic (exact) mass is 319 g/mol. The van der Waals surface area contributed by atoms with Gasteiger partial charge in [0, 0.05) is 31.4 Å². The van der Waals surface area contributed by atoms with E-state index in [9.17, 15) is 4.79 Å². The maximum atomic E-state index is 12.1. The molecule has 3 N–H and O–H groups in total. The molecular weight excluding hydrogens is 290 g/mol. The molecule has 3 atom stereocenters. The summed E-state index contributed by atoms with van der Waals surface area (Å²) in [5.74, 6) is 0.0366. The van der Waals surface area contributed by atoms with Crippen LogP contribution in [-0.2, 0) is 0 Å². The smallest absolute Gasteiger partial charge is 0.315 e. The number of amides is 2. The van der Waals surface area contributed by atoms with Gasteiger partial charge in [0.25, 0.3) is 0 Å².